The van der Waals surface area contributed by atoms with Crippen molar-refractivity contribution in [3.63, 3.8) is 0 Å². The Balaban J connectivity index is 2.23. The predicted octanol–water partition coefficient (Wildman–Crippen LogP) is 3.22. The quantitative estimate of drug-likeness (QED) is 0.856. The van der Waals surface area contributed by atoms with Gasteiger partial charge in [-0.15, -0.1) is 0 Å². The first-order valence-electron chi connectivity index (χ1n) is 6.95. The van der Waals surface area contributed by atoms with Crippen molar-refractivity contribution in [2.75, 3.05) is 6.61 Å². The van der Waals surface area contributed by atoms with Gasteiger partial charge in [0.15, 0.2) is 0 Å². The van der Waals surface area contributed by atoms with Gasteiger partial charge in [-0.2, -0.15) is 0 Å². The SMILES string of the molecule is C[C@H](CO)NC(Cc1cccc(F)c1)c1cccc(F)c1. The Morgan fingerprint density at radius 3 is 2.33 bits per heavy atom. The minimum atomic E-state index is -0.310. The van der Waals surface area contributed by atoms with Crippen molar-refractivity contribution in [2.24, 2.45) is 0 Å². The van der Waals surface area contributed by atoms with Crippen LogP contribution in [-0.4, -0.2) is 17.8 Å². The third-order valence-corrected chi connectivity index (χ3v) is 3.34. The molecule has 0 amide bonds. The molecule has 2 aromatic rings. The van der Waals surface area contributed by atoms with Crippen molar-refractivity contribution >= 4 is 0 Å². The lowest BCUT2D eigenvalue weighted by atomic mass is 9.98. The molecule has 0 aliphatic rings. The molecule has 1 unspecified atom stereocenters. The zero-order valence-corrected chi connectivity index (χ0v) is 11.9. The second-order valence-electron chi connectivity index (χ2n) is 5.19. The van der Waals surface area contributed by atoms with Crippen molar-refractivity contribution in [3.8, 4) is 0 Å². The molecule has 112 valence electrons. The average Bonchev–Trinajstić information content (AvgIpc) is 2.46. The van der Waals surface area contributed by atoms with Gasteiger partial charge in [0.2, 0.25) is 0 Å². The number of hydrogen-bond acceptors (Lipinski definition) is 2. The third-order valence-electron chi connectivity index (χ3n) is 3.34. The number of aliphatic hydroxyl groups excluding tert-OH is 1. The molecule has 4 heteroatoms. The summed E-state index contributed by atoms with van der Waals surface area (Å²) in [5.74, 6) is -0.601. The molecular formula is C17H19F2NO. The van der Waals surface area contributed by atoms with Crippen LogP contribution in [0.5, 0.6) is 0 Å². The molecule has 2 N–H and O–H groups in total. The van der Waals surface area contributed by atoms with Crippen LogP contribution in [0.3, 0.4) is 0 Å². The van der Waals surface area contributed by atoms with Crippen LogP contribution in [0, 0.1) is 11.6 Å². The van der Waals surface area contributed by atoms with E-state index in [0.717, 1.165) is 11.1 Å². The molecule has 0 aromatic heterocycles. The average molecular weight is 291 g/mol. The summed E-state index contributed by atoms with van der Waals surface area (Å²) in [5, 5.41) is 12.4. The summed E-state index contributed by atoms with van der Waals surface area (Å²) in [5.41, 5.74) is 1.60. The Labute approximate surface area is 123 Å². The van der Waals surface area contributed by atoms with E-state index in [1.807, 2.05) is 19.1 Å². The first-order valence-corrected chi connectivity index (χ1v) is 6.95. The Bertz CT molecular complexity index is 589. The van der Waals surface area contributed by atoms with Crippen LogP contribution >= 0.6 is 0 Å². The summed E-state index contributed by atoms with van der Waals surface area (Å²) >= 11 is 0. The van der Waals surface area contributed by atoms with E-state index in [1.165, 1.54) is 24.3 Å². The normalized spacial score (nSPS) is 13.9. The highest BCUT2D eigenvalue weighted by Gasteiger charge is 2.15. The van der Waals surface area contributed by atoms with E-state index in [-0.39, 0.29) is 30.3 Å². The van der Waals surface area contributed by atoms with Crippen LogP contribution in [0.25, 0.3) is 0 Å². The molecular weight excluding hydrogens is 272 g/mol. The van der Waals surface area contributed by atoms with Crippen LogP contribution in [-0.2, 0) is 6.42 Å². The van der Waals surface area contributed by atoms with E-state index in [9.17, 15) is 13.9 Å². The van der Waals surface area contributed by atoms with Gasteiger partial charge in [-0.3, -0.25) is 0 Å². The number of aliphatic hydroxyl groups is 1. The number of halogens is 2. The van der Waals surface area contributed by atoms with E-state index >= 15 is 0 Å². The Morgan fingerprint density at radius 1 is 1.05 bits per heavy atom. The lowest BCUT2D eigenvalue weighted by molar-refractivity contribution is 0.240. The fourth-order valence-electron chi connectivity index (χ4n) is 2.29. The summed E-state index contributed by atoms with van der Waals surface area (Å²) in [6, 6.07) is 12.3. The Morgan fingerprint density at radius 2 is 1.71 bits per heavy atom. The Kier molecular flexibility index (Phi) is 5.42. The van der Waals surface area contributed by atoms with Crippen LogP contribution in [0.1, 0.15) is 24.1 Å². The molecule has 0 saturated heterocycles. The van der Waals surface area contributed by atoms with Gasteiger partial charge in [0.05, 0.1) is 6.61 Å². The van der Waals surface area contributed by atoms with Crippen LogP contribution in [0.15, 0.2) is 48.5 Å². The molecule has 21 heavy (non-hydrogen) atoms. The van der Waals surface area contributed by atoms with Crippen LogP contribution in [0.4, 0.5) is 8.78 Å². The molecule has 0 aliphatic heterocycles. The lowest BCUT2D eigenvalue weighted by Gasteiger charge is -2.23. The number of hydrogen-bond donors (Lipinski definition) is 2. The van der Waals surface area contributed by atoms with Crippen molar-refractivity contribution < 1.29 is 13.9 Å². The second kappa shape index (κ2) is 7.29. The highest BCUT2D eigenvalue weighted by Crippen LogP contribution is 2.20. The molecule has 0 fully saturated rings. The first kappa shape index (κ1) is 15.6. The molecule has 0 saturated carbocycles. The minimum absolute atomic E-state index is 0.0189. The summed E-state index contributed by atoms with van der Waals surface area (Å²) in [7, 11) is 0. The standard InChI is InChI=1S/C17H19F2NO/c1-12(11-21)20-17(14-5-3-7-16(19)10-14)9-13-4-2-6-15(18)8-13/h2-8,10,12,17,20-21H,9,11H2,1H3/t12-,17?/m1/s1. The van der Waals surface area contributed by atoms with Gasteiger partial charge >= 0.3 is 0 Å². The lowest BCUT2D eigenvalue weighted by Crippen LogP contribution is -2.34. The van der Waals surface area contributed by atoms with E-state index in [0.29, 0.717) is 6.42 Å². The second-order valence-corrected chi connectivity index (χ2v) is 5.19. The van der Waals surface area contributed by atoms with E-state index < -0.39 is 0 Å². The fraction of sp³-hybridized carbons (Fsp3) is 0.294. The molecule has 0 heterocycles. The first-order chi connectivity index (χ1) is 10.1. The van der Waals surface area contributed by atoms with Gasteiger partial charge in [-0.25, -0.2) is 8.78 Å². The van der Waals surface area contributed by atoms with Gasteiger partial charge < -0.3 is 10.4 Å². The molecule has 2 aromatic carbocycles. The highest BCUT2D eigenvalue weighted by molar-refractivity contribution is 5.25. The highest BCUT2D eigenvalue weighted by atomic mass is 19.1. The van der Waals surface area contributed by atoms with Crippen molar-refractivity contribution in [1.29, 1.82) is 0 Å². The van der Waals surface area contributed by atoms with Crippen molar-refractivity contribution in [2.45, 2.75) is 25.4 Å². The van der Waals surface area contributed by atoms with E-state index in [1.54, 1.807) is 12.1 Å². The zero-order chi connectivity index (χ0) is 15.2. The summed E-state index contributed by atoms with van der Waals surface area (Å²) in [6.07, 6.45) is 0.519. The largest absolute Gasteiger partial charge is 0.395 e. The number of rotatable bonds is 6. The van der Waals surface area contributed by atoms with Gasteiger partial charge in [0.25, 0.3) is 0 Å². The summed E-state index contributed by atoms with van der Waals surface area (Å²) < 4.78 is 26.7. The topological polar surface area (TPSA) is 32.3 Å². The molecule has 2 nitrogen and oxygen atoms in total. The van der Waals surface area contributed by atoms with Gasteiger partial charge in [0, 0.05) is 12.1 Å². The molecule has 0 radical (unpaired) electrons. The molecule has 2 rings (SSSR count). The molecule has 0 spiro atoms. The smallest absolute Gasteiger partial charge is 0.123 e. The van der Waals surface area contributed by atoms with Gasteiger partial charge in [-0.1, -0.05) is 24.3 Å². The number of benzene rings is 2. The molecule has 2 atom stereocenters. The van der Waals surface area contributed by atoms with E-state index in [4.69, 9.17) is 0 Å². The maximum absolute atomic E-state index is 13.4. The summed E-state index contributed by atoms with van der Waals surface area (Å²) in [4.78, 5) is 0. The maximum Gasteiger partial charge on any atom is 0.123 e. The predicted molar refractivity (Wildman–Crippen MR) is 78.9 cm³/mol. The van der Waals surface area contributed by atoms with Crippen LogP contribution < -0.4 is 5.32 Å². The number of nitrogens with one attached hydrogen (secondary N) is 1. The zero-order valence-electron chi connectivity index (χ0n) is 11.9. The molecule has 0 aliphatic carbocycles. The maximum atomic E-state index is 13.4. The van der Waals surface area contributed by atoms with Gasteiger partial charge in [-0.05, 0) is 48.7 Å². The van der Waals surface area contributed by atoms with Crippen molar-refractivity contribution in [3.05, 3.63) is 71.3 Å². The Hall–Kier alpha value is -1.78. The van der Waals surface area contributed by atoms with Crippen molar-refractivity contribution in [1.82, 2.24) is 5.32 Å². The third kappa shape index (κ3) is 4.62. The van der Waals surface area contributed by atoms with Gasteiger partial charge in [0.1, 0.15) is 11.6 Å². The summed E-state index contributed by atoms with van der Waals surface area (Å²) in [6.45, 7) is 1.83. The van der Waals surface area contributed by atoms with E-state index in [2.05, 4.69) is 5.32 Å². The minimum Gasteiger partial charge on any atom is -0.395 e. The monoisotopic (exact) mass is 291 g/mol. The molecule has 0 bridgehead atoms. The van der Waals surface area contributed by atoms with Crippen LogP contribution in [0.2, 0.25) is 0 Å². The fourth-order valence-corrected chi connectivity index (χ4v) is 2.29.